The van der Waals surface area contributed by atoms with Gasteiger partial charge in [0.1, 0.15) is 5.75 Å². The number of carbonyl (C=O) groups excluding carboxylic acids is 1. The first kappa shape index (κ1) is 21.3. The molecule has 1 amide bonds. The Kier molecular flexibility index (Phi) is 8.34. The van der Waals surface area contributed by atoms with E-state index in [1.165, 1.54) is 0 Å². The highest BCUT2D eigenvalue weighted by Gasteiger charge is 2.08. The molecule has 0 aliphatic rings. The molecule has 2 rings (SSSR count). The monoisotopic (exact) mass is 382 g/mol. The van der Waals surface area contributed by atoms with Crippen molar-refractivity contribution < 1.29 is 9.53 Å². The van der Waals surface area contributed by atoms with Crippen molar-refractivity contribution in [3.63, 3.8) is 0 Å². The molecule has 0 atom stereocenters. The van der Waals surface area contributed by atoms with Gasteiger partial charge in [-0.15, -0.1) is 0 Å². The van der Waals surface area contributed by atoms with E-state index in [1.54, 1.807) is 33.2 Å². The number of ether oxygens (including phenoxy) is 1. The Morgan fingerprint density at radius 1 is 1.04 bits per heavy atom. The predicted octanol–water partition coefficient (Wildman–Crippen LogP) is 2.35. The van der Waals surface area contributed by atoms with Crippen molar-refractivity contribution in [2.75, 3.05) is 41.3 Å². The second-order valence-electron chi connectivity index (χ2n) is 6.64. The third-order valence-electron chi connectivity index (χ3n) is 4.39. The fraction of sp³-hybridized carbons (Fsp3) is 0.364. The summed E-state index contributed by atoms with van der Waals surface area (Å²) in [7, 11) is 6.97. The molecule has 0 radical (unpaired) electrons. The van der Waals surface area contributed by atoms with Crippen LogP contribution in [0.25, 0.3) is 0 Å². The van der Waals surface area contributed by atoms with E-state index in [2.05, 4.69) is 21.7 Å². The van der Waals surface area contributed by atoms with Crippen LogP contribution < -0.4 is 15.4 Å². The summed E-state index contributed by atoms with van der Waals surface area (Å²) in [4.78, 5) is 17.9. The summed E-state index contributed by atoms with van der Waals surface area (Å²) in [6, 6.07) is 15.8. The maximum absolute atomic E-state index is 12.1. The lowest BCUT2D eigenvalue weighted by atomic mass is 10.1. The summed E-state index contributed by atoms with van der Waals surface area (Å²) in [5.74, 6) is 1.68. The number of nitrogens with one attached hydrogen (secondary N) is 2. The third-order valence-corrected chi connectivity index (χ3v) is 4.39. The fourth-order valence-corrected chi connectivity index (χ4v) is 2.89. The Hall–Kier alpha value is -3.02. The Labute approximate surface area is 167 Å². The van der Waals surface area contributed by atoms with Gasteiger partial charge in [0.2, 0.25) is 0 Å². The SMILES string of the molecule is CN=C(NCCc1cccc(C(=O)N(C)C)c1)NCCc1ccccc1OC. The topological polar surface area (TPSA) is 66.0 Å². The summed E-state index contributed by atoms with van der Waals surface area (Å²) in [5, 5.41) is 6.64. The Morgan fingerprint density at radius 2 is 1.75 bits per heavy atom. The maximum atomic E-state index is 12.1. The minimum absolute atomic E-state index is 0.0172. The average Bonchev–Trinajstić information content (AvgIpc) is 2.72. The molecular weight excluding hydrogens is 352 g/mol. The minimum Gasteiger partial charge on any atom is -0.496 e. The smallest absolute Gasteiger partial charge is 0.253 e. The molecule has 0 saturated heterocycles. The van der Waals surface area contributed by atoms with Crippen LogP contribution in [0.2, 0.25) is 0 Å². The molecule has 0 aliphatic carbocycles. The summed E-state index contributed by atoms with van der Waals surface area (Å²) in [5.41, 5.74) is 2.99. The summed E-state index contributed by atoms with van der Waals surface area (Å²) < 4.78 is 5.38. The van der Waals surface area contributed by atoms with E-state index in [1.807, 2.05) is 42.5 Å². The highest BCUT2D eigenvalue weighted by Crippen LogP contribution is 2.17. The maximum Gasteiger partial charge on any atom is 0.253 e. The van der Waals surface area contributed by atoms with Crippen LogP contribution in [0, 0.1) is 0 Å². The number of benzene rings is 2. The molecule has 0 fully saturated rings. The van der Waals surface area contributed by atoms with Gasteiger partial charge < -0.3 is 20.3 Å². The van der Waals surface area contributed by atoms with Crippen LogP contribution in [0.5, 0.6) is 5.75 Å². The molecular formula is C22H30N4O2. The van der Waals surface area contributed by atoms with Gasteiger partial charge in [0, 0.05) is 39.8 Å². The molecule has 0 spiro atoms. The lowest BCUT2D eigenvalue weighted by molar-refractivity contribution is 0.0827. The average molecular weight is 383 g/mol. The minimum atomic E-state index is 0.0172. The Bertz CT molecular complexity index is 803. The molecule has 28 heavy (non-hydrogen) atoms. The first-order chi connectivity index (χ1) is 13.5. The lowest BCUT2D eigenvalue weighted by Crippen LogP contribution is -2.39. The second kappa shape index (κ2) is 11.0. The van der Waals surface area contributed by atoms with E-state index < -0.39 is 0 Å². The Balaban J connectivity index is 1.80. The summed E-state index contributed by atoms with van der Waals surface area (Å²) >= 11 is 0. The van der Waals surface area contributed by atoms with Gasteiger partial charge >= 0.3 is 0 Å². The zero-order valence-electron chi connectivity index (χ0n) is 17.2. The molecule has 150 valence electrons. The molecule has 0 bridgehead atoms. The number of para-hydroxylation sites is 1. The van der Waals surface area contributed by atoms with Crippen LogP contribution in [0.3, 0.4) is 0 Å². The van der Waals surface area contributed by atoms with Crippen LogP contribution in [0.1, 0.15) is 21.5 Å². The number of hydrogen-bond donors (Lipinski definition) is 2. The van der Waals surface area contributed by atoms with Crippen LogP contribution in [0.15, 0.2) is 53.5 Å². The summed E-state index contributed by atoms with van der Waals surface area (Å²) in [6.45, 7) is 1.49. The molecule has 6 heteroatoms. The Morgan fingerprint density at radius 3 is 2.43 bits per heavy atom. The van der Waals surface area contributed by atoms with Gasteiger partial charge in [0.05, 0.1) is 7.11 Å². The number of guanidine groups is 1. The van der Waals surface area contributed by atoms with Crippen LogP contribution >= 0.6 is 0 Å². The van der Waals surface area contributed by atoms with Crippen molar-refractivity contribution in [3.05, 3.63) is 65.2 Å². The van der Waals surface area contributed by atoms with Crippen molar-refractivity contribution in [2.45, 2.75) is 12.8 Å². The van der Waals surface area contributed by atoms with E-state index in [9.17, 15) is 4.79 Å². The van der Waals surface area contributed by atoms with Gasteiger partial charge in [-0.2, -0.15) is 0 Å². The molecule has 2 aromatic rings. The number of nitrogens with zero attached hydrogens (tertiary/aromatic N) is 2. The third kappa shape index (κ3) is 6.30. The molecule has 2 N–H and O–H groups in total. The van der Waals surface area contributed by atoms with Crippen LogP contribution in [-0.4, -0.2) is 58.1 Å². The number of aliphatic imine (C=N–C) groups is 1. The van der Waals surface area contributed by atoms with Crippen LogP contribution in [-0.2, 0) is 12.8 Å². The highest BCUT2D eigenvalue weighted by atomic mass is 16.5. The predicted molar refractivity (Wildman–Crippen MR) is 114 cm³/mol. The fourth-order valence-electron chi connectivity index (χ4n) is 2.89. The van der Waals surface area contributed by atoms with Crippen molar-refractivity contribution in [1.29, 1.82) is 0 Å². The lowest BCUT2D eigenvalue weighted by Gasteiger charge is -2.14. The van der Waals surface area contributed by atoms with Crippen molar-refractivity contribution in [2.24, 2.45) is 4.99 Å². The van der Waals surface area contributed by atoms with E-state index in [0.29, 0.717) is 5.56 Å². The molecule has 0 aromatic heterocycles. The normalized spacial score (nSPS) is 11.1. The van der Waals surface area contributed by atoms with Gasteiger partial charge in [-0.25, -0.2) is 0 Å². The van der Waals surface area contributed by atoms with E-state index in [-0.39, 0.29) is 5.91 Å². The van der Waals surface area contributed by atoms with E-state index in [4.69, 9.17) is 4.74 Å². The number of hydrogen-bond acceptors (Lipinski definition) is 3. The van der Waals surface area contributed by atoms with Gasteiger partial charge in [-0.1, -0.05) is 30.3 Å². The second-order valence-corrected chi connectivity index (χ2v) is 6.64. The van der Waals surface area contributed by atoms with Crippen molar-refractivity contribution >= 4 is 11.9 Å². The number of amides is 1. The summed E-state index contributed by atoms with van der Waals surface area (Å²) in [6.07, 6.45) is 1.65. The van der Waals surface area contributed by atoms with Gasteiger partial charge in [-0.3, -0.25) is 9.79 Å². The zero-order chi connectivity index (χ0) is 20.4. The molecule has 6 nitrogen and oxygen atoms in total. The number of rotatable bonds is 8. The quantitative estimate of drug-likeness (QED) is 0.543. The van der Waals surface area contributed by atoms with Crippen molar-refractivity contribution in [1.82, 2.24) is 15.5 Å². The van der Waals surface area contributed by atoms with Crippen LogP contribution in [0.4, 0.5) is 0 Å². The zero-order valence-corrected chi connectivity index (χ0v) is 17.2. The molecule has 0 saturated carbocycles. The number of methoxy groups -OCH3 is 1. The molecule has 0 unspecified atom stereocenters. The van der Waals surface area contributed by atoms with Gasteiger partial charge in [0.15, 0.2) is 5.96 Å². The first-order valence-electron chi connectivity index (χ1n) is 9.42. The highest BCUT2D eigenvalue weighted by molar-refractivity contribution is 5.94. The molecule has 0 heterocycles. The van der Waals surface area contributed by atoms with E-state index >= 15 is 0 Å². The molecule has 2 aromatic carbocycles. The largest absolute Gasteiger partial charge is 0.496 e. The van der Waals surface area contributed by atoms with Gasteiger partial charge in [0.25, 0.3) is 5.91 Å². The first-order valence-corrected chi connectivity index (χ1v) is 9.42. The molecule has 0 aliphatic heterocycles. The standard InChI is InChI=1S/C22H30N4O2/c1-23-22(25-15-13-18-9-5-6-11-20(18)28-4)24-14-12-17-8-7-10-19(16-17)21(27)26(2)3/h5-11,16H,12-15H2,1-4H3,(H2,23,24,25). The van der Waals surface area contributed by atoms with E-state index in [0.717, 1.165) is 48.8 Å². The number of carbonyl (C=O) groups is 1. The van der Waals surface area contributed by atoms with Gasteiger partial charge in [-0.05, 0) is 42.2 Å². The van der Waals surface area contributed by atoms with Crippen molar-refractivity contribution in [3.8, 4) is 5.75 Å².